The molecular formula is C16H16FN3O6S. The largest absolute Gasteiger partial charge is 0.454 e. The van der Waals surface area contributed by atoms with Gasteiger partial charge in [-0.2, -0.15) is 0 Å². The highest BCUT2D eigenvalue weighted by Gasteiger charge is 2.53. The number of fused-ring (bicyclic) bond motifs is 1. The van der Waals surface area contributed by atoms with E-state index < -0.39 is 45.8 Å². The number of esters is 1. The van der Waals surface area contributed by atoms with Crippen LogP contribution in [0.3, 0.4) is 0 Å². The third kappa shape index (κ3) is 3.72. The summed E-state index contributed by atoms with van der Waals surface area (Å²) < 4.78 is 18.6. The van der Waals surface area contributed by atoms with Crippen molar-refractivity contribution in [2.24, 2.45) is 0 Å². The number of nitrogens with one attached hydrogen (secondary N) is 1. The van der Waals surface area contributed by atoms with Crippen LogP contribution in [0.5, 0.6) is 0 Å². The fourth-order valence-electron chi connectivity index (χ4n) is 3.14. The fraction of sp³-hybridized carbons (Fsp3) is 0.438. The van der Waals surface area contributed by atoms with E-state index in [1.165, 1.54) is 16.7 Å². The molecule has 2 aliphatic heterocycles. The molecule has 3 rings (SSSR count). The van der Waals surface area contributed by atoms with Crippen molar-refractivity contribution in [3.05, 3.63) is 34.1 Å². The molecule has 2 atom stereocenters. The summed E-state index contributed by atoms with van der Waals surface area (Å²) in [6.07, 6.45) is 1.01. The molecule has 1 aromatic carbocycles. The van der Waals surface area contributed by atoms with E-state index in [9.17, 15) is 28.9 Å². The Balaban J connectivity index is 1.58. The third-order valence-corrected chi connectivity index (χ3v) is 6.00. The molecule has 0 aliphatic carbocycles. The maximum Gasteiger partial charge on any atom is 0.330 e. The highest BCUT2D eigenvalue weighted by molar-refractivity contribution is 8.01. The van der Waals surface area contributed by atoms with Crippen LogP contribution in [0, 0.1) is 15.9 Å². The van der Waals surface area contributed by atoms with E-state index in [4.69, 9.17) is 4.74 Å². The number of halogens is 1. The maximum absolute atomic E-state index is 13.7. The molecule has 0 aromatic heterocycles. The van der Waals surface area contributed by atoms with Gasteiger partial charge in [0.25, 0.3) is 11.6 Å². The third-order valence-electron chi connectivity index (χ3n) is 4.50. The number of anilines is 1. The van der Waals surface area contributed by atoms with Gasteiger partial charge in [0.15, 0.2) is 6.61 Å². The van der Waals surface area contributed by atoms with Crippen LogP contribution < -0.4 is 5.32 Å². The number of thioether (sulfide) groups is 1. The molecule has 27 heavy (non-hydrogen) atoms. The number of ether oxygens (including phenoxy) is 1. The average molecular weight is 397 g/mol. The van der Waals surface area contributed by atoms with Crippen molar-refractivity contribution in [3.8, 4) is 0 Å². The first-order chi connectivity index (χ1) is 12.7. The SMILES string of the molecule is C[C@@]12CCC(=O)N1[C@H](C(=O)OCC(=O)Nc1cc([N+](=O)[O-])ccc1F)CS2. The van der Waals surface area contributed by atoms with Gasteiger partial charge in [-0.15, -0.1) is 11.8 Å². The summed E-state index contributed by atoms with van der Waals surface area (Å²) >= 11 is 1.49. The van der Waals surface area contributed by atoms with Gasteiger partial charge < -0.3 is 15.0 Å². The second-order valence-corrected chi connectivity index (χ2v) is 7.84. The fourth-order valence-corrected chi connectivity index (χ4v) is 4.55. The van der Waals surface area contributed by atoms with Gasteiger partial charge in [-0.3, -0.25) is 19.7 Å². The number of benzene rings is 1. The lowest BCUT2D eigenvalue weighted by Gasteiger charge is -2.29. The summed E-state index contributed by atoms with van der Waals surface area (Å²) in [5, 5.41) is 12.9. The Morgan fingerprint density at radius 2 is 2.26 bits per heavy atom. The second kappa shape index (κ2) is 7.14. The van der Waals surface area contributed by atoms with Gasteiger partial charge in [0.05, 0.1) is 15.5 Å². The van der Waals surface area contributed by atoms with Gasteiger partial charge in [0.1, 0.15) is 11.9 Å². The van der Waals surface area contributed by atoms with Gasteiger partial charge >= 0.3 is 5.97 Å². The minimum absolute atomic E-state index is 0.132. The number of rotatable bonds is 5. The number of nitrogens with zero attached hydrogens (tertiary/aromatic N) is 2. The van der Waals surface area contributed by atoms with Crippen LogP contribution in [-0.2, 0) is 19.1 Å². The Hall–Kier alpha value is -2.69. The highest BCUT2D eigenvalue weighted by Crippen LogP contribution is 2.47. The number of hydrogen-bond donors (Lipinski definition) is 1. The molecule has 0 radical (unpaired) electrons. The van der Waals surface area contributed by atoms with E-state index in [1.54, 1.807) is 0 Å². The van der Waals surface area contributed by atoms with Gasteiger partial charge in [-0.25, -0.2) is 9.18 Å². The van der Waals surface area contributed by atoms with Crippen molar-refractivity contribution < 1.29 is 28.4 Å². The van der Waals surface area contributed by atoms with Gasteiger partial charge in [-0.1, -0.05) is 0 Å². The van der Waals surface area contributed by atoms with E-state index in [1.807, 2.05) is 6.92 Å². The molecule has 2 aliphatic rings. The van der Waals surface area contributed by atoms with Crippen molar-refractivity contribution in [2.75, 3.05) is 17.7 Å². The number of carbonyl (C=O) groups is 3. The lowest BCUT2D eigenvalue weighted by atomic mass is 10.2. The van der Waals surface area contributed by atoms with Gasteiger partial charge in [-0.05, 0) is 19.4 Å². The van der Waals surface area contributed by atoms with Crippen LogP contribution >= 0.6 is 11.8 Å². The summed E-state index contributed by atoms with van der Waals surface area (Å²) in [4.78, 5) is 47.2. The Morgan fingerprint density at radius 3 is 2.96 bits per heavy atom. The molecule has 2 heterocycles. The Bertz CT molecular complexity index is 834. The number of amides is 2. The van der Waals surface area contributed by atoms with Crippen molar-refractivity contribution in [3.63, 3.8) is 0 Å². The smallest absolute Gasteiger partial charge is 0.330 e. The normalized spacial score (nSPS) is 23.9. The zero-order valence-corrected chi connectivity index (χ0v) is 15.1. The predicted molar refractivity (Wildman–Crippen MR) is 93.4 cm³/mol. The predicted octanol–water partition coefficient (Wildman–Crippen LogP) is 1.67. The average Bonchev–Trinajstić information content (AvgIpc) is 3.11. The molecular weight excluding hydrogens is 381 g/mol. The molecule has 1 N–H and O–H groups in total. The molecule has 2 saturated heterocycles. The lowest BCUT2D eigenvalue weighted by Crippen LogP contribution is -2.47. The molecule has 0 unspecified atom stereocenters. The number of non-ortho nitro benzene ring substituents is 1. The summed E-state index contributed by atoms with van der Waals surface area (Å²) in [5.74, 6) is -2.17. The minimum atomic E-state index is -0.856. The molecule has 2 fully saturated rings. The summed E-state index contributed by atoms with van der Waals surface area (Å²) in [7, 11) is 0. The molecule has 1 aromatic rings. The monoisotopic (exact) mass is 397 g/mol. The summed E-state index contributed by atoms with van der Waals surface area (Å²) in [6, 6.07) is 1.93. The number of carbonyl (C=O) groups excluding carboxylic acids is 3. The molecule has 2 amide bonds. The van der Waals surface area contributed by atoms with Crippen molar-refractivity contribution in [2.45, 2.75) is 30.7 Å². The van der Waals surface area contributed by atoms with E-state index in [0.717, 1.165) is 18.2 Å². The van der Waals surface area contributed by atoms with Crippen LogP contribution in [-0.4, -0.2) is 50.9 Å². The van der Waals surface area contributed by atoms with E-state index >= 15 is 0 Å². The molecule has 11 heteroatoms. The van der Waals surface area contributed by atoms with Crippen LogP contribution in [0.15, 0.2) is 18.2 Å². The van der Waals surface area contributed by atoms with Crippen molar-refractivity contribution in [1.29, 1.82) is 0 Å². The number of nitro benzene ring substituents is 1. The van der Waals surface area contributed by atoms with Crippen LogP contribution in [0.25, 0.3) is 0 Å². The highest BCUT2D eigenvalue weighted by atomic mass is 32.2. The van der Waals surface area contributed by atoms with Gasteiger partial charge in [0, 0.05) is 24.3 Å². The first-order valence-corrected chi connectivity index (χ1v) is 9.06. The zero-order chi connectivity index (χ0) is 19.8. The number of hydrogen-bond acceptors (Lipinski definition) is 7. The van der Waals surface area contributed by atoms with Crippen LogP contribution in [0.2, 0.25) is 0 Å². The minimum Gasteiger partial charge on any atom is -0.454 e. The number of nitro groups is 1. The maximum atomic E-state index is 13.7. The molecule has 0 spiro atoms. The lowest BCUT2D eigenvalue weighted by molar-refractivity contribution is -0.384. The quantitative estimate of drug-likeness (QED) is 0.456. The van der Waals surface area contributed by atoms with E-state index in [-0.39, 0.29) is 11.6 Å². The van der Waals surface area contributed by atoms with E-state index in [2.05, 4.69) is 5.32 Å². The van der Waals surface area contributed by atoms with Crippen LogP contribution in [0.1, 0.15) is 19.8 Å². The Kier molecular flexibility index (Phi) is 5.05. The molecule has 144 valence electrons. The standard InChI is InChI=1S/C16H16FN3O6S/c1-16-5-4-14(22)19(16)12(8-27-16)15(23)26-7-13(21)18-11-6-9(20(24)25)2-3-10(11)17/h2-3,6,12H,4-5,7-8H2,1H3,(H,18,21)/t12-,16+/m0/s1. The topological polar surface area (TPSA) is 119 Å². The molecule has 0 saturated carbocycles. The van der Waals surface area contributed by atoms with Gasteiger partial charge in [0.2, 0.25) is 5.91 Å². The Morgan fingerprint density at radius 1 is 1.52 bits per heavy atom. The Labute approximate surface area is 157 Å². The first kappa shape index (κ1) is 19.1. The first-order valence-electron chi connectivity index (χ1n) is 8.08. The van der Waals surface area contributed by atoms with E-state index in [0.29, 0.717) is 18.6 Å². The van der Waals surface area contributed by atoms with Crippen LogP contribution in [0.4, 0.5) is 15.8 Å². The summed E-state index contributed by atoms with van der Waals surface area (Å²) in [6.45, 7) is 1.19. The second-order valence-electron chi connectivity index (χ2n) is 6.34. The van der Waals surface area contributed by atoms with Crippen molar-refractivity contribution >= 4 is 40.9 Å². The summed E-state index contributed by atoms with van der Waals surface area (Å²) in [5.41, 5.74) is -0.775. The molecule has 0 bridgehead atoms. The van der Waals surface area contributed by atoms with Crippen molar-refractivity contribution in [1.82, 2.24) is 4.90 Å². The zero-order valence-electron chi connectivity index (χ0n) is 14.3. The molecule has 9 nitrogen and oxygen atoms in total.